The molecule has 17 heavy (non-hydrogen) atoms. The number of thiophene rings is 1. The third kappa shape index (κ3) is 5.16. The topological polar surface area (TPSA) is 43.8 Å². The number of carbonyl (C=O) groups excluding carboxylic acids is 1. The number of carbonyl (C=O) groups is 1. The molecule has 1 rings (SSSR count). The van der Waals surface area contributed by atoms with Crippen molar-refractivity contribution in [1.82, 2.24) is 9.80 Å². The van der Waals surface area contributed by atoms with E-state index in [4.69, 9.17) is 5.11 Å². The van der Waals surface area contributed by atoms with Crippen molar-refractivity contribution in [2.24, 2.45) is 0 Å². The van der Waals surface area contributed by atoms with Crippen molar-refractivity contribution in [1.29, 1.82) is 0 Å². The molecule has 1 aromatic rings. The lowest BCUT2D eigenvalue weighted by Crippen LogP contribution is -2.37. The molecular formula is C11H17BrN2O2S. The van der Waals surface area contributed by atoms with E-state index < -0.39 is 0 Å². The fourth-order valence-electron chi connectivity index (χ4n) is 1.36. The van der Waals surface area contributed by atoms with E-state index in [1.807, 2.05) is 23.4 Å². The van der Waals surface area contributed by atoms with E-state index in [0.29, 0.717) is 19.6 Å². The Bertz CT molecular complexity index is 370. The number of hydrogen-bond donors (Lipinski definition) is 1. The highest BCUT2D eigenvalue weighted by atomic mass is 79.9. The van der Waals surface area contributed by atoms with Gasteiger partial charge in [0, 0.05) is 28.3 Å². The Hall–Kier alpha value is -0.430. The minimum absolute atomic E-state index is 0.0606. The maximum absolute atomic E-state index is 11.8. The van der Waals surface area contributed by atoms with E-state index in [0.717, 1.165) is 9.35 Å². The summed E-state index contributed by atoms with van der Waals surface area (Å²) in [5.74, 6) is 0.0606. The molecule has 4 nitrogen and oxygen atoms in total. The maximum Gasteiger partial charge on any atom is 0.236 e. The third-order valence-corrected chi connectivity index (χ3v) is 4.01. The van der Waals surface area contributed by atoms with Gasteiger partial charge in [0.05, 0.1) is 19.7 Å². The fraction of sp³-hybridized carbons (Fsp3) is 0.545. The quantitative estimate of drug-likeness (QED) is 0.861. The molecule has 0 aliphatic rings. The summed E-state index contributed by atoms with van der Waals surface area (Å²) in [4.78, 5) is 16.5. The van der Waals surface area contributed by atoms with E-state index in [1.165, 1.54) is 0 Å². The third-order valence-electron chi connectivity index (χ3n) is 2.33. The lowest BCUT2D eigenvalue weighted by atomic mass is 10.4. The standard InChI is InChI=1S/C11H17BrN2O2S/c1-13(3-4-15)7-11(16)14(2)6-10-5-9(12)8-17-10/h5,8,15H,3-4,6-7H2,1-2H3. The average molecular weight is 321 g/mol. The van der Waals surface area contributed by atoms with Gasteiger partial charge in [0.2, 0.25) is 5.91 Å². The van der Waals surface area contributed by atoms with E-state index in [-0.39, 0.29) is 12.5 Å². The molecule has 1 aromatic heterocycles. The van der Waals surface area contributed by atoms with Crippen LogP contribution in [0.5, 0.6) is 0 Å². The van der Waals surface area contributed by atoms with Crippen LogP contribution in [0.25, 0.3) is 0 Å². The molecule has 0 fully saturated rings. The Morgan fingerprint density at radius 3 is 2.76 bits per heavy atom. The first-order valence-corrected chi connectivity index (χ1v) is 6.96. The molecule has 1 amide bonds. The van der Waals surface area contributed by atoms with Crippen LogP contribution in [-0.4, -0.2) is 54.6 Å². The molecule has 0 radical (unpaired) electrons. The Kier molecular flexibility index (Phi) is 6.11. The second-order valence-corrected chi connectivity index (χ2v) is 5.85. The number of aliphatic hydroxyl groups excluding tert-OH is 1. The summed E-state index contributed by atoms with van der Waals surface area (Å²) in [6.07, 6.45) is 0. The average Bonchev–Trinajstić information content (AvgIpc) is 2.64. The number of halogens is 1. The van der Waals surface area contributed by atoms with Crippen molar-refractivity contribution in [3.63, 3.8) is 0 Å². The highest BCUT2D eigenvalue weighted by Gasteiger charge is 2.12. The molecule has 1 heterocycles. The zero-order chi connectivity index (χ0) is 12.8. The van der Waals surface area contributed by atoms with Gasteiger partial charge in [0.15, 0.2) is 0 Å². The van der Waals surface area contributed by atoms with E-state index in [9.17, 15) is 4.79 Å². The largest absolute Gasteiger partial charge is 0.395 e. The van der Waals surface area contributed by atoms with Gasteiger partial charge >= 0.3 is 0 Å². The summed E-state index contributed by atoms with van der Waals surface area (Å²) in [6.45, 7) is 1.56. The predicted molar refractivity (Wildman–Crippen MR) is 73.1 cm³/mol. The van der Waals surface area contributed by atoms with Gasteiger partial charge in [-0.3, -0.25) is 9.69 Å². The first-order chi connectivity index (χ1) is 8.02. The maximum atomic E-state index is 11.8. The van der Waals surface area contributed by atoms with Crippen molar-refractivity contribution in [2.45, 2.75) is 6.54 Å². The van der Waals surface area contributed by atoms with E-state index in [1.54, 1.807) is 23.3 Å². The molecule has 0 aliphatic carbocycles. The van der Waals surface area contributed by atoms with Crippen molar-refractivity contribution in [3.8, 4) is 0 Å². The van der Waals surface area contributed by atoms with Crippen molar-refractivity contribution in [3.05, 3.63) is 20.8 Å². The fourth-order valence-corrected chi connectivity index (χ4v) is 2.86. The van der Waals surface area contributed by atoms with Crippen LogP contribution in [0.1, 0.15) is 4.88 Å². The van der Waals surface area contributed by atoms with Gasteiger partial charge in [-0.15, -0.1) is 11.3 Å². The predicted octanol–water partition coefficient (Wildman–Crippen LogP) is 1.39. The van der Waals surface area contributed by atoms with Gasteiger partial charge in [-0.25, -0.2) is 0 Å². The van der Waals surface area contributed by atoms with Crippen LogP contribution in [0.3, 0.4) is 0 Å². The van der Waals surface area contributed by atoms with Gasteiger partial charge in [0.1, 0.15) is 0 Å². The van der Waals surface area contributed by atoms with Crippen LogP contribution < -0.4 is 0 Å². The molecule has 0 unspecified atom stereocenters. The van der Waals surface area contributed by atoms with Gasteiger partial charge < -0.3 is 10.0 Å². The first kappa shape index (κ1) is 14.6. The summed E-state index contributed by atoms with van der Waals surface area (Å²) >= 11 is 5.02. The van der Waals surface area contributed by atoms with Crippen LogP contribution in [0, 0.1) is 0 Å². The Morgan fingerprint density at radius 1 is 1.53 bits per heavy atom. The van der Waals surface area contributed by atoms with Crippen LogP contribution in [-0.2, 0) is 11.3 Å². The van der Waals surface area contributed by atoms with Crippen LogP contribution in [0.15, 0.2) is 15.9 Å². The van der Waals surface area contributed by atoms with Crippen molar-refractivity contribution < 1.29 is 9.90 Å². The summed E-state index contributed by atoms with van der Waals surface area (Å²) in [5, 5.41) is 10.8. The SMILES string of the molecule is CN(CCO)CC(=O)N(C)Cc1cc(Br)cs1. The zero-order valence-corrected chi connectivity index (χ0v) is 12.4. The van der Waals surface area contributed by atoms with Gasteiger partial charge in [0.25, 0.3) is 0 Å². The molecule has 0 saturated heterocycles. The monoisotopic (exact) mass is 320 g/mol. The normalized spacial score (nSPS) is 10.9. The number of aliphatic hydroxyl groups is 1. The van der Waals surface area contributed by atoms with Crippen LogP contribution >= 0.6 is 27.3 Å². The highest BCUT2D eigenvalue weighted by Crippen LogP contribution is 2.20. The zero-order valence-electron chi connectivity index (χ0n) is 10.0. The molecule has 0 bridgehead atoms. The van der Waals surface area contributed by atoms with Gasteiger partial charge in [-0.05, 0) is 29.0 Å². The Morgan fingerprint density at radius 2 is 2.24 bits per heavy atom. The highest BCUT2D eigenvalue weighted by molar-refractivity contribution is 9.10. The number of nitrogens with zero attached hydrogens (tertiary/aromatic N) is 2. The van der Waals surface area contributed by atoms with Gasteiger partial charge in [-0.2, -0.15) is 0 Å². The van der Waals surface area contributed by atoms with Crippen LogP contribution in [0.2, 0.25) is 0 Å². The summed E-state index contributed by atoms with van der Waals surface area (Å²) in [7, 11) is 3.62. The van der Waals surface area contributed by atoms with Gasteiger partial charge in [-0.1, -0.05) is 0 Å². The molecule has 6 heteroatoms. The lowest BCUT2D eigenvalue weighted by molar-refractivity contribution is -0.131. The van der Waals surface area contributed by atoms with Crippen molar-refractivity contribution in [2.75, 3.05) is 33.8 Å². The Labute approximate surface area is 114 Å². The summed E-state index contributed by atoms with van der Waals surface area (Å²) in [6, 6.07) is 2.02. The number of likely N-dealkylation sites (N-methyl/N-ethyl adjacent to an activating group) is 2. The molecule has 1 N–H and O–H groups in total. The minimum Gasteiger partial charge on any atom is -0.395 e. The molecule has 0 aromatic carbocycles. The molecule has 0 spiro atoms. The lowest BCUT2D eigenvalue weighted by Gasteiger charge is -2.20. The second kappa shape index (κ2) is 7.10. The van der Waals surface area contributed by atoms with E-state index >= 15 is 0 Å². The summed E-state index contributed by atoms with van der Waals surface area (Å²) in [5.41, 5.74) is 0. The molecule has 96 valence electrons. The smallest absolute Gasteiger partial charge is 0.236 e. The Balaban J connectivity index is 2.41. The number of rotatable bonds is 6. The molecule has 0 saturated carbocycles. The molecule has 0 aliphatic heterocycles. The molecular weight excluding hydrogens is 304 g/mol. The minimum atomic E-state index is 0.0606. The van der Waals surface area contributed by atoms with Crippen molar-refractivity contribution >= 4 is 33.2 Å². The van der Waals surface area contributed by atoms with Crippen LogP contribution in [0.4, 0.5) is 0 Å². The first-order valence-electron chi connectivity index (χ1n) is 5.29. The summed E-state index contributed by atoms with van der Waals surface area (Å²) < 4.78 is 1.05. The number of amides is 1. The second-order valence-electron chi connectivity index (χ2n) is 3.94. The number of hydrogen-bond acceptors (Lipinski definition) is 4. The van der Waals surface area contributed by atoms with E-state index in [2.05, 4.69) is 15.9 Å². The molecule has 0 atom stereocenters.